The number of piperazine rings is 1. The van der Waals surface area contributed by atoms with Crippen molar-refractivity contribution in [3.63, 3.8) is 0 Å². The van der Waals surface area contributed by atoms with Gasteiger partial charge >= 0.3 is 0 Å². The summed E-state index contributed by atoms with van der Waals surface area (Å²) in [5, 5.41) is 10.1. The Kier molecular flexibility index (Phi) is 5.83. The summed E-state index contributed by atoms with van der Waals surface area (Å²) in [7, 11) is 0. The van der Waals surface area contributed by atoms with Crippen molar-refractivity contribution >= 4 is 11.9 Å². The number of nitrogens with one attached hydrogen (secondary N) is 2. The van der Waals surface area contributed by atoms with Crippen LogP contribution in [-0.4, -0.2) is 69.6 Å². The lowest BCUT2D eigenvalue weighted by Gasteiger charge is -2.36. The Bertz CT molecular complexity index is 749. The lowest BCUT2D eigenvalue weighted by Crippen LogP contribution is -2.53. The van der Waals surface area contributed by atoms with Crippen molar-refractivity contribution in [2.24, 2.45) is 4.99 Å². The van der Waals surface area contributed by atoms with Crippen LogP contribution in [0.3, 0.4) is 0 Å². The third kappa shape index (κ3) is 4.38. The minimum atomic E-state index is 0.135. The maximum atomic E-state index is 11.5. The van der Waals surface area contributed by atoms with Gasteiger partial charge in [0.2, 0.25) is 5.91 Å². The number of hydrogen-bond acceptors (Lipinski definition) is 4. The molecule has 3 rings (SSSR count). The molecule has 2 N–H and O–H groups in total. The van der Waals surface area contributed by atoms with E-state index >= 15 is 0 Å². The fourth-order valence-corrected chi connectivity index (χ4v) is 2.99. The van der Waals surface area contributed by atoms with Crippen LogP contribution < -0.4 is 5.32 Å². The van der Waals surface area contributed by atoms with Crippen LogP contribution in [-0.2, 0) is 11.3 Å². The normalized spacial score (nSPS) is 15.2. The second-order valence-electron chi connectivity index (χ2n) is 6.20. The minimum absolute atomic E-state index is 0.135. The molecule has 2 aromatic rings. The summed E-state index contributed by atoms with van der Waals surface area (Å²) >= 11 is 0. The van der Waals surface area contributed by atoms with Gasteiger partial charge < -0.3 is 15.1 Å². The van der Waals surface area contributed by atoms with Crippen molar-refractivity contribution in [3.8, 4) is 11.4 Å². The Labute approximate surface area is 153 Å². The van der Waals surface area contributed by atoms with Crippen LogP contribution in [0, 0.1) is 0 Å². The van der Waals surface area contributed by atoms with Gasteiger partial charge in [-0.15, -0.1) is 0 Å². The molecule has 8 nitrogen and oxygen atoms in total. The predicted molar refractivity (Wildman–Crippen MR) is 100 cm³/mol. The van der Waals surface area contributed by atoms with Gasteiger partial charge in [-0.2, -0.15) is 5.10 Å². The molecule has 1 fully saturated rings. The van der Waals surface area contributed by atoms with E-state index in [0.29, 0.717) is 6.54 Å². The molecule has 0 saturated carbocycles. The molecular formula is C18H25N7O. The van der Waals surface area contributed by atoms with Crippen molar-refractivity contribution in [2.45, 2.75) is 20.4 Å². The van der Waals surface area contributed by atoms with E-state index in [1.165, 1.54) is 6.33 Å². The number of carbonyl (C=O) groups is 1. The molecule has 26 heavy (non-hydrogen) atoms. The van der Waals surface area contributed by atoms with Gasteiger partial charge in [0.25, 0.3) is 0 Å². The second kappa shape index (κ2) is 8.46. The maximum absolute atomic E-state index is 11.5. The summed E-state index contributed by atoms with van der Waals surface area (Å²) in [4.78, 5) is 24.6. The second-order valence-corrected chi connectivity index (χ2v) is 6.20. The lowest BCUT2D eigenvalue weighted by molar-refractivity contribution is -0.130. The van der Waals surface area contributed by atoms with Gasteiger partial charge in [0.05, 0.1) is 6.54 Å². The van der Waals surface area contributed by atoms with Gasteiger partial charge in [0, 0.05) is 45.2 Å². The van der Waals surface area contributed by atoms with Crippen LogP contribution in [0.4, 0.5) is 0 Å². The summed E-state index contributed by atoms with van der Waals surface area (Å²) in [6.07, 6.45) is 1.50. The number of aliphatic imine (C=N–C) groups is 1. The number of aromatic nitrogens is 3. The van der Waals surface area contributed by atoms with Crippen LogP contribution in [0.15, 0.2) is 35.6 Å². The number of guanidine groups is 1. The summed E-state index contributed by atoms with van der Waals surface area (Å²) in [6, 6.07) is 8.13. The number of carbonyl (C=O) groups excluding carboxylic acids is 1. The molecular weight excluding hydrogens is 330 g/mol. The largest absolute Gasteiger partial charge is 0.357 e. The number of nitrogens with zero attached hydrogens (tertiary/aromatic N) is 5. The molecule has 0 radical (unpaired) electrons. The molecule has 138 valence electrons. The molecule has 1 aromatic carbocycles. The van der Waals surface area contributed by atoms with Gasteiger partial charge in [0.1, 0.15) is 6.33 Å². The third-order valence-electron chi connectivity index (χ3n) is 4.39. The van der Waals surface area contributed by atoms with Crippen LogP contribution in [0.25, 0.3) is 11.4 Å². The van der Waals surface area contributed by atoms with Crippen molar-refractivity contribution in [1.82, 2.24) is 30.3 Å². The lowest BCUT2D eigenvalue weighted by atomic mass is 10.1. The summed E-state index contributed by atoms with van der Waals surface area (Å²) in [5.41, 5.74) is 2.10. The van der Waals surface area contributed by atoms with E-state index in [4.69, 9.17) is 4.99 Å². The van der Waals surface area contributed by atoms with E-state index in [9.17, 15) is 4.79 Å². The number of H-pyrrole nitrogens is 1. The first-order chi connectivity index (χ1) is 12.7. The smallest absolute Gasteiger partial charge is 0.219 e. The Morgan fingerprint density at radius 1 is 1.27 bits per heavy atom. The highest BCUT2D eigenvalue weighted by Crippen LogP contribution is 2.16. The molecule has 2 heterocycles. The number of rotatable bonds is 4. The zero-order valence-electron chi connectivity index (χ0n) is 15.3. The molecule has 1 aliphatic heterocycles. The topological polar surface area (TPSA) is 89.5 Å². The average Bonchev–Trinajstić information content (AvgIpc) is 3.20. The SMILES string of the molecule is CCNC(=NCc1cccc(-c2ncn[nH]2)c1)N1CCN(C(C)=O)CC1. The zero-order chi connectivity index (χ0) is 18.4. The van der Waals surface area contributed by atoms with Gasteiger partial charge in [-0.1, -0.05) is 18.2 Å². The Morgan fingerprint density at radius 3 is 2.69 bits per heavy atom. The molecule has 0 spiro atoms. The van der Waals surface area contributed by atoms with Gasteiger partial charge in [0.15, 0.2) is 11.8 Å². The molecule has 1 amide bonds. The van der Waals surface area contributed by atoms with Crippen LogP contribution in [0.5, 0.6) is 0 Å². The minimum Gasteiger partial charge on any atom is -0.357 e. The van der Waals surface area contributed by atoms with E-state index < -0.39 is 0 Å². The van der Waals surface area contributed by atoms with Crippen molar-refractivity contribution in [3.05, 3.63) is 36.2 Å². The first-order valence-corrected chi connectivity index (χ1v) is 8.91. The first-order valence-electron chi connectivity index (χ1n) is 8.91. The maximum Gasteiger partial charge on any atom is 0.219 e. The number of amides is 1. The third-order valence-corrected chi connectivity index (χ3v) is 4.39. The molecule has 0 unspecified atom stereocenters. The van der Waals surface area contributed by atoms with Gasteiger partial charge in [-0.05, 0) is 18.6 Å². The molecule has 8 heteroatoms. The van der Waals surface area contributed by atoms with Crippen LogP contribution in [0.2, 0.25) is 0 Å². The summed E-state index contributed by atoms with van der Waals surface area (Å²) in [6.45, 7) is 8.14. The highest BCUT2D eigenvalue weighted by molar-refractivity contribution is 5.80. The Hall–Kier alpha value is -2.90. The number of aromatic amines is 1. The summed E-state index contributed by atoms with van der Waals surface area (Å²) in [5.74, 6) is 1.78. The van der Waals surface area contributed by atoms with E-state index in [2.05, 4.69) is 44.5 Å². The van der Waals surface area contributed by atoms with Gasteiger partial charge in [-0.25, -0.2) is 9.98 Å². The molecule has 0 bridgehead atoms. The standard InChI is InChI=1S/C18H25N7O/c1-3-19-18(25-9-7-24(8-10-25)14(2)26)20-12-15-5-4-6-16(11-15)17-21-13-22-23-17/h4-6,11,13H,3,7-10,12H2,1-2H3,(H,19,20)(H,21,22,23). The van der Waals surface area contributed by atoms with Gasteiger partial charge in [-0.3, -0.25) is 9.89 Å². The molecule has 1 saturated heterocycles. The van der Waals surface area contributed by atoms with Crippen LogP contribution in [0.1, 0.15) is 19.4 Å². The average molecular weight is 355 g/mol. The van der Waals surface area contributed by atoms with E-state index in [0.717, 1.165) is 55.6 Å². The Morgan fingerprint density at radius 2 is 2.04 bits per heavy atom. The first kappa shape index (κ1) is 17.9. The van der Waals surface area contributed by atoms with E-state index in [1.807, 2.05) is 17.0 Å². The Balaban J connectivity index is 1.68. The molecule has 0 atom stereocenters. The molecule has 0 aliphatic carbocycles. The molecule has 1 aromatic heterocycles. The fourth-order valence-electron chi connectivity index (χ4n) is 2.99. The monoisotopic (exact) mass is 355 g/mol. The zero-order valence-corrected chi connectivity index (χ0v) is 15.3. The molecule has 1 aliphatic rings. The highest BCUT2D eigenvalue weighted by atomic mass is 16.2. The van der Waals surface area contributed by atoms with E-state index in [1.54, 1.807) is 6.92 Å². The number of hydrogen-bond donors (Lipinski definition) is 2. The van der Waals surface area contributed by atoms with Crippen molar-refractivity contribution in [1.29, 1.82) is 0 Å². The van der Waals surface area contributed by atoms with Crippen molar-refractivity contribution < 1.29 is 4.79 Å². The van der Waals surface area contributed by atoms with E-state index in [-0.39, 0.29) is 5.91 Å². The highest BCUT2D eigenvalue weighted by Gasteiger charge is 2.20. The van der Waals surface area contributed by atoms with Crippen LogP contribution >= 0.6 is 0 Å². The number of benzene rings is 1. The fraction of sp³-hybridized carbons (Fsp3) is 0.444. The quantitative estimate of drug-likeness (QED) is 0.633. The predicted octanol–water partition coefficient (Wildman–Crippen LogP) is 1.10. The summed E-state index contributed by atoms with van der Waals surface area (Å²) < 4.78 is 0. The van der Waals surface area contributed by atoms with Crippen molar-refractivity contribution in [2.75, 3.05) is 32.7 Å².